The van der Waals surface area contributed by atoms with Gasteiger partial charge in [-0.25, -0.2) is 4.79 Å². The summed E-state index contributed by atoms with van der Waals surface area (Å²) in [5, 5.41) is -0.259. The van der Waals surface area contributed by atoms with Crippen molar-refractivity contribution in [1.29, 1.82) is 0 Å². The molecule has 6 atom stereocenters. The molecule has 0 spiro atoms. The molecular formula is C53H60O10SSi. The van der Waals surface area contributed by atoms with E-state index in [1.54, 1.807) is 11.8 Å². The lowest BCUT2D eigenvalue weighted by Gasteiger charge is -2.49. The fourth-order valence-electron chi connectivity index (χ4n) is 7.85. The summed E-state index contributed by atoms with van der Waals surface area (Å²) in [5.41, 5.74) is 6.15. The Labute approximate surface area is 388 Å². The van der Waals surface area contributed by atoms with E-state index in [2.05, 4.69) is 58.1 Å². The zero-order valence-corrected chi connectivity index (χ0v) is 39.9. The van der Waals surface area contributed by atoms with Crippen molar-refractivity contribution >= 4 is 38.0 Å². The Morgan fingerprint density at radius 1 is 0.692 bits per heavy atom. The van der Waals surface area contributed by atoms with Crippen LogP contribution in [-0.2, 0) is 49.0 Å². The Bertz CT molecular complexity index is 2290. The molecule has 0 N–H and O–H groups in total. The number of rotatable bonds is 19. The monoisotopic (exact) mass is 916 g/mol. The quantitative estimate of drug-likeness (QED) is 0.0448. The van der Waals surface area contributed by atoms with Gasteiger partial charge in [-0.1, -0.05) is 148 Å². The molecule has 1 heterocycles. The highest BCUT2D eigenvalue weighted by Crippen LogP contribution is 2.45. The van der Waals surface area contributed by atoms with Crippen LogP contribution in [0.3, 0.4) is 0 Å². The number of esters is 1. The number of thioether (sulfide) groups is 1. The van der Waals surface area contributed by atoms with Gasteiger partial charge in [-0.2, -0.15) is 0 Å². The second-order valence-electron chi connectivity index (χ2n) is 18.1. The lowest BCUT2D eigenvalue weighted by molar-refractivity contribution is -0.308. The summed E-state index contributed by atoms with van der Waals surface area (Å²) in [6.45, 7) is 11.9. The number of hydrogen-bond acceptors (Lipinski definition) is 11. The Hall–Kier alpha value is -5.08. The average molecular weight is 917 g/mol. The highest BCUT2D eigenvalue weighted by atomic mass is 32.2. The minimum atomic E-state index is -2.66. The van der Waals surface area contributed by atoms with E-state index in [1.807, 2.05) is 115 Å². The van der Waals surface area contributed by atoms with Crippen molar-refractivity contribution in [2.45, 2.75) is 113 Å². The minimum absolute atomic E-state index is 0.00168. The Kier molecular flexibility index (Phi) is 16.2. The van der Waals surface area contributed by atoms with Crippen LogP contribution in [0.2, 0.25) is 18.1 Å². The Morgan fingerprint density at radius 2 is 1.26 bits per heavy atom. The van der Waals surface area contributed by atoms with Crippen molar-refractivity contribution < 1.29 is 47.2 Å². The van der Waals surface area contributed by atoms with Crippen LogP contribution < -0.4 is 0 Å². The summed E-state index contributed by atoms with van der Waals surface area (Å²) in [5.74, 6) is -0.411. The van der Waals surface area contributed by atoms with E-state index in [9.17, 15) is 14.4 Å². The molecule has 1 aliphatic carbocycles. The SMILES string of the molecule is CC(=O)CCC(=O)O[C@@H]1[C@@H](O[C@H](CSc2ccccc2)c2ccccc2)[C@H](O[Si](C)(C)C(C)(C)C)O[C@H](COC(=O)OCC2c3ccccc3-c3ccccc32)[C@H]1OCc1ccccc1. The van der Waals surface area contributed by atoms with Crippen LogP contribution in [0.4, 0.5) is 4.79 Å². The molecule has 0 radical (unpaired) electrons. The second kappa shape index (κ2) is 21.9. The molecule has 0 saturated carbocycles. The first kappa shape index (κ1) is 47.9. The summed E-state index contributed by atoms with van der Waals surface area (Å²) in [7, 11) is -2.66. The molecule has 7 rings (SSSR count). The third-order valence-corrected chi connectivity index (χ3v) is 17.9. The third kappa shape index (κ3) is 12.4. The zero-order chi connectivity index (χ0) is 46.0. The number of fused-ring (bicyclic) bond motifs is 3. The third-order valence-electron chi connectivity index (χ3n) is 12.4. The number of benzene rings is 5. The van der Waals surface area contributed by atoms with E-state index in [0.717, 1.165) is 38.3 Å². The van der Waals surface area contributed by atoms with Crippen molar-refractivity contribution in [2.75, 3.05) is 19.0 Å². The van der Waals surface area contributed by atoms with E-state index in [1.165, 1.54) is 6.92 Å². The number of Topliss-reactive ketones (excluding diaryl/α,β-unsaturated/α-hetero) is 1. The van der Waals surface area contributed by atoms with Crippen LogP contribution in [0.15, 0.2) is 144 Å². The summed E-state index contributed by atoms with van der Waals surface area (Å²) >= 11 is 1.64. The highest BCUT2D eigenvalue weighted by Gasteiger charge is 2.54. The fraction of sp³-hybridized carbons (Fsp3) is 0.377. The maximum Gasteiger partial charge on any atom is 0.508 e. The van der Waals surface area contributed by atoms with Gasteiger partial charge >= 0.3 is 12.1 Å². The summed E-state index contributed by atoms with van der Waals surface area (Å²) in [4.78, 5) is 40.7. The van der Waals surface area contributed by atoms with Gasteiger partial charge in [-0.15, -0.1) is 11.8 Å². The molecule has 5 aromatic rings. The molecule has 1 aliphatic heterocycles. The van der Waals surface area contributed by atoms with Crippen LogP contribution in [0.5, 0.6) is 0 Å². The standard InChI is InChI=1S/C53H60O10SSi/c1-36(54)30-31-47(55)62-49-48(57-32-37-20-10-7-11-21-37)45(34-59-52(56)58-33-44-42-28-18-16-26-40(42)41-27-17-19-29-43(41)44)61-51(63-65(5,6)53(2,3)4)50(49)60-46(38-22-12-8-13-23-38)35-64-39-24-14-9-15-25-39/h7-29,44-46,48-51H,30-35H2,1-6H3/t45-,46-,48-,49+,50-,51+/m1/s1. The summed E-state index contributed by atoms with van der Waals surface area (Å²) in [6, 6.07) is 45.8. The Balaban J connectivity index is 1.22. The van der Waals surface area contributed by atoms with Gasteiger partial charge in [0.25, 0.3) is 0 Å². The first-order valence-corrected chi connectivity index (χ1v) is 26.2. The predicted molar refractivity (Wildman–Crippen MR) is 254 cm³/mol. The van der Waals surface area contributed by atoms with Crippen LogP contribution in [0, 0.1) is 0 Å². The number of ether oxygens (including phenoxy) is 6. The van der Waals surface area contributed by atoms with Crippen molar-refractivity contribution in [3.8, 4) is 11.1 Å². The van der Waals surface area contributed by atoms with Gasteiger partial charge in [0.15, 0.2) is 20.7 Å². The fourth-order valence-corrected chi connectivity index (χ4v) is 9.94. The zero-order valence-electron chi connectivity index (χ0n) is 38.1. The summed E-state index contributed by atoms with van der Waals surface area (Å²) in [6.07, 6.45) is -6.84. The number of carbonyl (C=O) groups excluding carboxylic acids is 3. The normalized spacial score (nSPS) is 20.0. The molecule has 2 aliphatic rings. The maximum absolute atomic E-state index is 13.9. The van der Waals surface area contributed by atoms with Crippen LogP contribution in [0.25, 0.3) is 11.1 Å². The van der Waals surface area contributed by atoms with E-state index in [4.69, 9.17) is 32.8 Å². The molecule has 0 bridgehead atoms. The number of hydrogen-bond donors (Lipinski definition) is 0. The molecular weight excluding hydrogens is 857 g/mol. The van der Waals surface area contributed by atoms with Gasteiger partial charge < -0.3 is 37.6 Å². The first-order chi connectivity index (χ1) is 31.3. The van der Waals surface area contributed by atoms with Gasteiger partial charge in [-0.3, -0.25) is 4.79 Å². The minimum Gasteiger partial charge on any atom is -0.456 e. The molecule has 1 fully saturated rings. The Morgan fingerprint density at radius 3 is 1.88 bits per heavy atom. The average Bonchev–Trinajstić information content (AvgIpc) is 3.62. The van der Waals surface area contributed by atoms with Crippen molar-refractivity contribution in [2.24, 2.45) is 0 Å². The molecule has 12 heteroatoms. The largest absolute Gasteiger partial charge is 0.508 e. The first-order valence-electron chi connectivity index (χ1n) is 22.3. The van der Waals surface area contributed by atoms with Crippen molar-refractivity contribution in [3.05, 3.63) is 162 Å². The molecule has 0 aromatic heterocycles. The smallest absolute Gasteiger partial charge is 0.456 e. The van der Waals surface area contributed by atoms with E-state index in [-0.39, 0.29) is 49.4 Å². The molecule has 65 heavy (non-hydrogen) atoms. The highest BCUT2D eigenvalue weighted by molar-refractivity contribution is 7.99. The molecule has 0 unspecified atom stereocenters. The van der Waals surface area contributed by atoms with Crippen LogP contribution >= 0.6 is 11.8 Å². The summed E-state index contributed by atoms with van der Waals surface area (Å²) < 4.78 is 46.2. The molecule has 0 amide bonds. The van der Waals surface area contributed by atoms with Gasteiger partial charge in [0, 0.05) is 23.0 Å². The van der Waals surface area contributed by atoms with E-state index >= 15 is 0 Å². The maximum atomic E-state index is 13.9. The van der Waals surface area contributed by atoms with E-state index < -0.39 is 57.3 Å². The molecule has 5 aromatic carbocycles. The van der Waals surface area contributed by atoms with Gasteiger partial charge in [0.05, 0.1) is 19.1 Å². The molecule has 342 valence electrons. The van der Waals surface area contributed by atoms with Crippen molar-refractivity contribution in [3.63, 3.8) is 0 Å². The van der Waals surface area contributed by atoms with Crippen LogP contribution in [-0.4, -0.2) is 75.9 Å². The van der Waals surface area contributed by atoms with Gasteiger partial charge in [0.2, 0.25) is 0 Å². The number of carbonyl (C=O) groups is 3. The lowest BCUT2D eigenvalue weighted by atomic mass is 9.97. The molecule has 1 saturated heterocycles. The topological polar surface area (TPSA) is 116 Å². The molecule has 10 nitrogen and oxygen atoms in total. The number of ketones is 1. The second-order valence-corrected chi connectivity index (χ2v) is 23.9. The van der Waals surface area contributed by atoms with Crippen LogP contribution in [0.1, 0.15) is 74.8 Å². The van der Waals surface area contributed by atoms with Gasteiger partial charge in [-0.05, 0) is 70.6 Å². The van der Waals surface area contributed by atoms with Crippen molar-refractivity contribution in [1.82, 2.24) is 0 Å². The lowest BCUT2D eigenvalue weighted by Crippen LogP contribution is -2.64. The van der Waals surface area contributed by atoms with Gasteiger partial charge in [0.1, 0.15) is 37.3 Å². The predicted octanol–water partition coefficient (Wildman–Crippen LogP) is 11.5. The van der Waals surface area contributed by atoms with E-state index in [0.29, 0.717) is 5.75 Å².